The Kier molecular flexibility index (Phi) is 6.26. The second-order valence-electron chi connectivity index (χ2n) is 5.41. The van der Waals surface area contributed by atoms with Crippen LogP contribution in [0.5, 0.6) is 0 Å². The topological polar surface area (TPSA) is 133 Å². The first-order chi connectivity index (χ1) is 12.6. The number of thiophene rings is 1. The number of carbonyl (C=O) groups is 1. The molecule has 0 atom stereocenters. The highest BCUT2D eigenvalue weighted by Crippen LogP contribution is 2.35. The van der Waals surface area contributed by atoms with Gasteiger partial charge in [-0.25, -0.2) is 4.39 Å². The van der Waals surface area contributed by atoms with Crippen molar-refractivity contribution < 1.29 is 22.2 Å². The first-order valence-electron chi connectivity index (χ1n) is 7.41. The van der Waals surface area contributed by atoms with Crippen LogP contribution in [0.1, 0.15) is 9.67 Å². The van der Waals surface area contributed by atoms with Crippen LogP contribution in [-0.4, -0.2) is 31.1 Å². The van der Waals surface area contributed by atoms with Crippen LogP contribution < -0.4 is 11.1 Å². The molecule has 0 spiro atoms. The number of guanidine groups is 1. The summed E-state index contributed by atoms with van der Waals surface area (Å²) in [6.07, 6.45) is 0.715. The van der Waals surface area contributed by atoms with E-state index in [2.05, 4.69) is 5.32 Å². The van der Waals surface area contributed by atoms with Crippen molar-refractivity contribution in [3.63, 3.8) is 0 Å². The molecule has 1 amide bonds. The molecule has 3 rings (SSSR count). The molecule has 10 heteroatoms. The Morgan fingerprint density at radius 1 is 1.19 bits per heavy atom. The fraction of sp³-hybridized carbons (Fsp3) is 0.0588. The minimum Gasteiger partial charge on any atom is -0.370 e. The zero-order valence-electron chi connectivity index (χ0n) is 14.1. The summed E-state index contributed by atoms with van der Waals surface area (Å²) in [6.45, 7) is 0. The molecule has 3 aromatic rings. The van der Waals surface area contributed by atoms with E-state index < -0.39 is 22.0 Å². The number of nitrogens with two attached hydrogens (primary N) is 1. The Balaban J connectivity index is 0.000000465. The molecule has 7 nitrogen and oxygen atoms in total. The Bertz CT molecular complexity index is 1100. The lowest BCUT2D eigenvalue weighted by atomic mass is 10.0. The van der Waals surface area contributed by atoms with Crippen molar-refractivity contribution in [1.29, 1.82) is 5.41 Å². The quantitative estimate of drug-likeness (QED) is 0.293. The number of fused-ring (bicyclic) bond motifs is 1. The average Bonchev–Trinajstić information content (AvgIpc) is 2.97. The van der Waals surface area contributed by atoms with Crippen LogP contribution in [0.25, 0.3) is 21.2 Å². The third-order valence-corrected chi connectivity index (χ3v) is 4.30. The number of nitrogens with one attached hydrogen (secondary N) is 2. The minimum atomic E-state index is -3.67. The fourth-order valence-electron chi connectivity index (χ4n) is 2.27. The second-order valence-corrected chi connectivity index (χ2v) is 7.96. The summed E-state index contributed by atoms with van der Waals surface area (Å²) < 4.78 is 40.8. The summed E-state index contributed by atoms with van der Waals surface area (Å²) in [5.41, 5.74) is 6.39. The number of benzene rings is 2. The Morgan fingerprint density at radius 2 is 1.78 bits per heavy atom. The zero-order chi connectivity index (χ0) is 20.2. The zero-order valence-corrected chi connectivity index (χ0v) is 15.7. The molecule has 0 radical (unpaired) electrons. The number of amides is 1. The van der Waals surface area contributed by atoms with E-state index in [9.17, 15) is 17.6 Å². The van der Waals surface area contributed by atoms with Crippen molar-refractivity contribution in [3.8, 4) is 11.1 Å². The predicted octanol–water partition coefficient (Wildman–Crippen LogP) is 2.83. The SMILES string of the molecule is CS(=O)(=O)O.N=C(N)NC(=O)c1cc2c(-c3ccccc3F)cccc2s1. The summed E-state index contributed by atoms with van der Waals surface area (Å²) in [5.74, 6) is -1.15. The molecule has 0 fully saturated rings. The number of hydrogen-bond acceptors (Lipinski definition) is 5. The molecule has 0 aliphatic heterocycles. The minimum absolute atomic E-state index is 0.309. The van der Waals surface area contributed by atoms with Gasteiger partial charge in [0.2, 0.25) is 0 Å². The monoisotopic (exact) mass is 409 g/mol. The van der Waals surface area contributed by atoms with Crippen molar-refractivity contribution >= 4 is 43.4 Å². The van der Waals surface area contributed by atoms with Crippen LogP contribution in [0.4, 0.5) is 4.39 Å². The summed E-state index contributed by atoms with van der Waals surface area (Å²) >= 11 is 1.28. The summed E-state index contributed by atoms with van der Waals surface area (Å²) in [7, 11) is -3.67. The van der Waals surface area contributed by atoms with Crippen LogP contribution >= 0.6 is 11.3 Å². The molecule has 0 aliphatic rings. The van der Waals surface area contributed by atoms with Crippen molar-refractivity contribution in [2.45, 2.75) is 0 Å². The molecular weight excluding hydrogens is 393 g/mol. The Labute approximate surface area is 158 Å². The van der Waals surface area contributed by atoms with Gasteiger partial charge in [0.25, 0.3) is 16.0 Å². The van der Waals surface area contributed by atoms with Gasteiger partial charge in [0, 0.05) is 15.6 Å². The number of rotatable bonds is 2. The van der Waals surface area contributed by atoms with E-state index in [4.69, 9.17) is 15.7 Å². The van der Waals surface area contributed by atoms with E-state index in [1.165, 1.54) is 17.4 Å². The maximum absolute atomic E-state index is 14.0. The third-order valence-electron chi connectivity index (χ3n) is 3.20. The molecule has 2 aromatic carbocycles. The molecule has 27 heavy (non-hydrogen) atoms. The van der Waals surface area contributed by atoms with Gasteiger partial charge in [-0.15, -0.1) is 11.3 Å². The van der Waals surface area contributed by atoms with E-state index in [0.29, 0.717) is 16.7 Å². The van der Waals surface area contributed by atoms with Gasteiger partial charge in [-0.3, -0.25) is 20.1 Å². The van der Waals surface area contributed by atoms with E-state index in [-0.39, 0.29) is 5.82 Å². The molecule has 0 unspecified atom stereocenters. The molecule has 1 heterocycles. The first kappa shape index (κ1) is 20.5. The summed E-state index contributed by atoms with van der Waals surface area (Å²) in [5, 5.41) is 10.2. The lowest BCUT2D eigenvalue weighted by molar-refractivity contribution is 0.0980. The van der Waals surface area contributed by atoms with Gasteiger partial charge in [0.05, 0.1) is 11.1 Å². The molecule has 0 saturated heterocycles. The van der Waals surface area contributed by atoms with Gasteiger partial charge in [-0.05, 0) is 23.8 Å². The van der Waals surface area contributed by atoms with Crippen LogP contribution in [0.2, 0.25) is 0 Å². The van der Waals surface area contributed by atoms with Crippen LogP contribution in [0.15, 0.2) is 48.5 Å². The van der Waals surface area contributed by atoms with Gasteiger partial charge in [-0.2, -0.15) is 8.42 Å². The predicted molar refractivity (Wildman–Crippen MR) is 104 cm³/mol. The van der Waals surface area contributed by atoms with Gasteiger partial charge in [-0.1, -0.05) is 30.3 Å². The van der Waals surface area contributed by atoms with Crippen molar-refractivity contribution in [2.24, 2.45) is 5.73 Å². The van der Waals surface area contributed by atoms with Gasteiger partial charge >= 0.3 is 0 Å². The lowest BCUT2D eigenvalue weighted by Gasteiger charge is -2.04. The van der Waals surface area contributed by atoms with Gasteiger partial charge in [0.15, 0.2) is 5.96 Å². The van der Waals surface area contributed by atoms with Crippen molar-refractivity contribution in [1.82, 2.24) is 5.32 Å². The number of carbonyl (C=O) groups excluding carboxylic acids is 1. The normalized spacial score (nSPS) is 10.8. The molecule has 0 bridgehead atoms. The lowest BCUT2D eigenvalue weighted by Crippen LogP contribution is -2.35. The van der Waals surface area contributed by atoms with E-state index in [1.807, 2.05) is 18.2 Å². The van der Waals surface area contributed by atoms with Crippen molar-refractivity contribution in [3.05, 3.63) is 59.2 Å². The first-order valence-corrected chi connectivity index (χ1v) is 10.1. The highest BCUT2D eigenvalue weighted by molar-refractivity contribution is 7.85. The smallest absolute Gasteiger partial charge is 0.268 e. The second kappa shape index (κ2) is 8.25. The summed E-state index contributed by atoms with van der Waals surface area (Å²) in [4.78, 5) is 12.4. The van der Waals surface area contributed by atoms with Crippen molar-refractivity contribution in [2.75, 3.05) is 6.26 Å². The molecule has 0 aliphatic carbocycles. The average molecular weight is 409 g/mol. The highest BCUT2D eigenvalue weighted by Gasteiger charge is 2.14. The highest BCUT2D eigenvalue weighted by atomic mass is 32.2. The number of halogens is 1. The number of hydrogen-bond donors (Lipinski definition) is 4. The molecule has 142 valence electrons. The standard InChI is InChI=1S/C16H12FN3OS.CH4O3S/c17-12-6-2-1-4-10(12)9-5-3-7-13-11(9)8-14(22-13)15(21)20-16(18)19;1-5(2,3)4/h1-8H,(H4,18,19,20,21);1H3,(H,2,3,4). The largest absolute Gasteiger partial charge is 0.370 e. The van der Waals surface area contributed by atoms with E-state index >= 15 is 0 Å². The molecular formula is C17H16FN3O4S2. The Morgan fingerprint density at radius 3 is 2.37 bits per heavy atom. The fourth-order valence-corrected chi connectivity index (χ4v) is 3.25. The van der Waals surface area contributed by atoms with Crippen LogP contribution in [-0.2, 0) is 10.1 Å². The maximum Gasteiger partial charge on any atom is 0.268 e. The molecule has 0 saturated carbocycles. The molecule has 5 N–H and O–H groups in total. The van der Waals surface area contributed by atoms with Crippen LogP contribution in [0, 0.1) is 11.2 Å². The summed E-state index contributed by atoms with van der Waals surface area (Å²) in [6, 6.07) is 13.7. The maximum atomic E-state index is 14.0. The Hall–Kier alpha value is -2.82. The van der Waals surface area contributed by atoms with E-state index in [1.54, 1.807) is 24.3 Å². The van der Waals surface area contributed by atoms with E-state index in [0.717, 1.165) is 15.6 Å². The molecule has 1 aromatic heterocycles. The van der Waals surface area contributed by atoms with Gasteiger partial charge in [0.1, 0.15) is 5.82 Å². The van der Waals surface area contributed by atoms with Gasteiger partial charge < -0.3 is 5.73 Å². The third kappa shape index (κ3) is 5.84. The van der Waals surface area contributed by atoms with Crippen LogP contribution in [0.3, 0.4) is 0 Å².